The van der Waals surface area contributed by atoms with Gasteiger partial charge in [0, 0.05) is 7.05 Å². The maximum Gasteiger partial charge on any atom is 0.335 e. The van der Waals surface area contributed by atoms with Gasteiger partial charge in [-0.15, -0.1) is 0 Å². The first-order valence-electron chi connectivity index (χ1n) is 11.8. The molecule has 180 valence electrons. The van der Waals surface area contributed by atoms with Gasteiger partial charge in [0.2, 0.25) is 0 Å². The normalized spacial score (nSPS) is 20.1. The first kappa shape index (κ1) is 22.9. The minimum Gasteiger partial charge on any atom is -0.490 e. The fraction of sp³-hybridized carbons (Fsp3) is 0.321. The highest BCUT2D eigenvalue weighted by Crippen LogP contribution is 2.40. The van der Waals surface area contributed by atoms with E-state index < -0.39 is 11.4 Å². The van der Waals surface area contributed by atoms with Crippen LogP contribution >= 0.6 is 0 Å². The smallest absolute Gasteiger partial charge is 0.335 e. The molecule has 0 aliphatic heterocycles. The number of nitrogens with zero attached hydrogens (tertiary/aromatic N) is 2. The molecule has 1 aromatic heterocycles. The Morgan fingerprint density at radius 2 is 1.83 bits per heavy atom. The van der Waals surface area contributed by atoms with Crippen LogP contribution in [0.15, 0.2) is 60.8 Å². The Morgan fingerprint density at radius 3 is 2.60 bits per heavy atom. The zero-order valence-electron chi connectivity index (χ0n) is 19.9. The average molecular weight is 473 g/mol. The number of carboxylic acids is 1. The third kappa shape index (κ3) is 4.46. The summed E-state index contributed by atoms with van der Waals surface area (Å²) in [4.78, 5) is 24.6. The maximum atomic E-state index is 13.1. The van der Waals surface area contributed by atoms with Crippen LogP contribution in [0.3, 0.4) is 0 Å². The molecule has 3 aromatic carbocycles. The molecule has 1 heterocycles. The summed E-state index contributed by atoms with van der Waals surface area (Å²) in [6, 6.07) is 17.3. The van der Waals surface area contributed by atoms with Gasteiger partial charge < -0.3 is 14.6 Å². The van der Waals surface area contributed by atoms with E-state index in [0.717, 1.165) is 21.7 Å². The molecule has 1 N–H and O–H groups in total. The minimum atomic E-state index is -1.01. The van der Waals surface area contributed by atoms with E-state index in [1.807, 2.05) is 37.3 Å². The van der Waals surface area contributed by atoms with E-state index >= 15 is 0 Å². The van der Waals surface area contributed by atoms with Crippen LogP contribution in [0.4, 0.5) is 0 Å². The lowest BCUT2D eigenvalue weighted by Gasteiger charge is -2.35. The van der Waals surface area contributed by atoms with Crippen molar-refractivity contribution in [3.8, 4) is 5.75 Å². The topological polar surface area (TPSA) is 90.7 Å². The van der Waals surface area contributed by atoms with Crippen molar-refractivity contribution in [3.63, 3.8) is 0 Å². The monoisotopic (exact) mass is 472 g/mol. The molecule has 35 heavy (non-hydrogen) atoms. The standard InChI is InChI=1S/C28H28N2O5/c1-28(27(33)34-17-19-8-5-7-18-6-3-4-9-22(18)19)12-10-21(11-13-28)35-25-15-20(26(31)32)14-24-23(25)16-29-30(24)2/h3-9,14-16,21H,10-13,17H2,1-2H3,(H,31,32)/t21-,28+. The molecule has 7 heteroatoms. The van der Waals surface area contributed by atoms with Gasteiger partial charge >= 0.3 is 11.9 Å². The van der Waals surface area contributed by atoms with Crippen LogP contribution in [0.2, 0.25) is 0 Å². The Bertz CT molecular complexity index is 1410. The molecule has 0 amide bonds. The van der Waals surface area contributed by atoms with Gasteiger partial charge in [-0.25, -0.2) is 4.79 Å². The molecule has 1 saturated carbocycles. The van der Waals surface area contributed by atoms with E-state index in [0.29, 0.717) is 36.9 Å². The third-order valence-electron chi connectivity index (χ3n) is 7.14. The summed E-state index contributed by atoms with van der Waals surface area (Å²) in [5.41, 5.74) is 1.29. The molecular weight excluding hydrogens is 444 g/mol. The molecule has 1 aliphatic carbocycles. The number of aryl methyl sites for hydroxylation is 1. The van der Waals surface area contributed by atoms with E-state index in [1.54, 1.807) is 30.1 Å². The Morgan fingerprint density at radius 1 is 1.09 bits per heavy atom. The Kier molecular flexibility index (Phi) is 5.93. The maximum absolute atomic E-state index is 13.1. The van der Waals surface area contributed by atoms with Gasteiger partial charge in [0.1, 0.15) is 12.4 Å². The lowest BCUT2D eigenvalue weighted by atomic mass is 9.74. The van der Waals surface area contributed by atoms with Crippen LogP contribution in [0.25, 0.3) is 21.7 Å². The minimum absolute atomic E-state index is 0.110. The second-order valence-corrected chi connectivity index (χ2v) is 9.57. The van der Waals surface area contributed by atoms with E-state index in [1.165, 1.54) is 0 Å². The van der Waals surface area contributed by atoms with Gasteiger partial charge in [0.15, 0.2) is 0 Å². The van der Waals surface area contributed by atoms with Crippen LogP contribution in [0, 0.1) is 5.41 Å². The second-order valence-electron chi connectivity index (χ2n) is 9.57. The number of benzene rings is 3. The van der Waals surface area contributed by atoms with Crippen LogP contribution in [-0.2, 0) is 23.2 Å². The number of carboxylic acid groups (broad SMARTS) is 1. The third-order valence-corrected chi connectivity index (χ3v) is 7.14. The van der Waals surface area contributed by atoms with E-state index in [2.05, 4.69) is 17.2 Å². The number of esters is 1. The molecule has 4 aromatic rings. The van der Waals surface area contributed by atoms with Gasteiger partial charge in [-0.3, -0.25) is 9.48 Å². The van der Waals surface area contributed by atoms with E-state index in [-0.39, 0.29) is 24.2 Å². The van der Waals surface area contributed by atoms with Crippen molar-refractivity contribution < 1.29 is 24.2 Å². The summed E-state index contributed by atoms with van der Waals surface area (Å²) in [5.74, 6) is -0.686. The van der Waals surface area contributed by atoms with E-state index in [9.17, 15) is 14.7 Å². The highest BCUT2D eigenvalue weighted by molar-refractivity contribution is 5.96. The molecule has 0 bridgehead atoms. The van der Waals surface area contributed by atoms with Crippen molar-refractivity contribution in [2.45, 2.75) is 45.3 Å². The fourth-order valence-corrected chi connectivity index (χ4v) is 4.90. The van der Waals surface area contributed by atoms with Crippen molar-refractivity contribution in [1.29, 1.82) is 0 Å². The number of aromatic carboxylic acids is 1. The Balaban J connectivity index is 1.24. The number of hydrogen-bond donors (Lipinski definition) is 1. The Labute approximate surface area is 203 Å². The first-order chi connectivity index (χ1) is 16.8. The molecule has 5 rings (SSSR count). The van der Waals surface area contributed by atoms with Crippen molar-refractivity contribution >= 4 is 33.6 Å². The SMILES string of the molecule is Cn1ncc2c(O[C@H]3CC[C@@](C)(C(=O)OCc4cccc5ccccc45)CC3)cc(C(=O)O)cc21. The van der Waals surface area contributed by atoms with Crippen molar-refractivity contribution in [3.05, 3.63) is 71.9 Å². The number of carbonyl (C=O) groups is 2. The molecule has 0 spiro atoms. The van der Waals surface area contributed by atoms with Crippen molar-refractivity contribution in [1.82, 2.24) is 9.78 Å². The summed E-state index contributed by atoms with van der Waals surface area (Å²) in [6.45, 7) is 2.20. The van der Waals surface area contributed by atoms with Crippen molar-refractivity contribution in [2.24, 2.45) is 12.5 Å². The summed E-state index contributed by atoms with van der Waals surface area (Å²) in [6.07, 6.45) is 4.22. The summed E-state index contributed by atoms with van der Waals surface area (Å²) in [5, 5.41) is 16.7. The number of ether oxygens (including phenoxy) is 2. The number of fused-ring (bicyclic) bond motifs is 2. The van der Waals surface area contributed by atoms with Gasteiger partial charge in [0.25, 0.3) is 0 Å². The molecule has 0 radical (unpaired) electrons. The lowest BCUT2D eigenvalue weighted by Crippen LogP contribution is -2.37. The van der Waals surface area contributed by atoms with Gasteiger partial charge in [0.05, 0.1) is 34.2 Å². The zero-order chi connectivity index (χ0) is 24.6. The van der Waals surface area contributed by atoms with Crippen LogP contribution in [0.5, 0.6) is 5.75 Å². The quantitative estimate of drug-likeness (QED) is 0.373. The largest absolute Gasteiger partial charge is 0.490 e. The molecule has 1 aliphatic rings. The summed E-state index contributed by atoms with van der Waals surface area (Å²) in [7, 11) is 1.77. The highest BCUT2D eigenvalue weighted by Gasteiger charge is 2.39. The fourth-order valence-electron chi connectivity index (χ4n) is 4.90. The lowest BCUT2D eigenvalue weighted by molar-refractivity contribution is -0.159. The predicted octanol–water partition coefficient (Wildman–Crippen LogP) is 5.50. The van der Waals surface area contributed by atoms with Crippen LogP contribution in [0.1, 0.15) is 48.5 Å². The van der Waals surface area contributed by atoms with E-state index in [4.69, 9.17) is 9.47 Å². The molecule has 0 saturated heterocycles. The van der Waals surface area contributed by atoms with Crippen molar-refractivity contribution in [2.75, 3.05) is 0 Å². The molecule has 0 unspecified atom stereocenters. The van der Waals surface area contributed by atoms with Gasteiger partial charge in [-0.2, -0.15) is 5.10 Å². The van der Waals surface area contributed by atoms with Gasteiger partial charge in [-0.1, -0.05) is 42.5 Å². The molecule has 0 atom stereocenters. The number of rotatable bonds is 6. The molecule has 1 fully saturated rings. The molecule has 7 nitrogen and oxygen atoms in total. The zero-order valence-corrected chi connectivity index (χ0v) is 19.9. The summed E-state index contributed by atoms with van der Waals surface area (Å²) >= 11 is 0. The predicted molar refractivity (Wildman–Crippen MR) is 132 cm³/mol. The van der Waals surface area contributed by atoms with Crippen LogP contribution < -0.4 is 4.74 Å². The number of carbonyl (C=O) groups excluding carboxylic acids is 1. The average Bonchev–Trinajstić information content (AvgIpc) is 3.24. The molecular formula is C28H28N2O5. The Hall–Kier alpha value is -3.87. The van der Waals surface area contributed by atoms with Crippen LogP contribution in [-0.4, -0.2) is 32.9 Å². The highest BCUT2D eigenvalue weighted by atomic mass is 16.5. The van der Waals surface area contributed by atoms with Gasteiger partial charge in [-0.05, 0) is 61.1 Å². The summed E-state index contributed by atoms with van der Waals surface area (Å²) < 4.78 is 13.7. The second kappa shape index (κ2) is 9.06. The number of aromatic nitrogens is 2. The first-order valence-corrected chi connectivity index (χ1v) is 11.8. The number of hydrogen-bond acceptors (Lipinski definition) is 5.